The second-order valence-electron chi connectivity index (χ2n) is 6.11. The van der Waals surface area contributed by atoms with Crippen LogP contribution in [0.1, 0.15) is 39.0 Å². The normalized spacial score (nSPS) is 8.24. The Morgan fingerprint density at radius 2 is 0.711 bits per heavy atom. The summed E-state index contributed by atoms with van der Waals surface area (Å²) in [7, 11) is 0. The summed E-state index contributed by atoms with van der Waals surface area (Å²) in [6.45, 7) is 4.19. The lowest BCUT2D eigenvalue weighted by molar-refractivity contribution is 0.554. The number of nitrogens with zero attached hydrogens (tertiary/aromatic N) is 8. The molecule has 0 spiro atoms. The lowest BCUT2D eigenvalue weighted by Gasteiger charge is -1.93. The van der Waals surface area contributed by atoms with Crippen molar-refractivity contribution in [3.05, 3.63) is 0 Å². The molecule has 1 atom stereocenters. The molecule has 0 aliphatic rings. The van der Waals surface area contributed by atoms with Gasteiger partial charge in [0.1, 0.15) is 0 Å². The van der Waals surface area contributed by atoms with E-state index in [1.165, 1.54) is 48.6 Å². The lowest BCUT2D eigenvalue weighted by atomic mass is 10.2. The summed E-state index contributed by atoms with van der Waals surface area (Å²) in [6.07, 6.45) is 15.5. The molecule has 0 bridgehead atoms. The van der Waals surface area contributed by atoms with Crippen LogP contribution in [0.4, 0.5) is 0 Å². The molecule has 0 fully saturated rings. The van der Waals surface area contributed by atoms with Gasteiger partial charge in [-0.1, -0.05) is 12.8 Å². The summed E-state index contributed by atoms with van der Waals surface area (Å²) in [5.74, 6) is 0. The van der Waals surface area contributed by atoms with Crippen LogP contribution in [0.2, 0.25) is 0 Å². The Morgan fingerprint density at radius 3 is 1.03 bits per heavy atom. The van der Waals surface area contributed by atoms with Crippen LogP contribution in [0, 0.1) is 0 Å². The second-order valence-corrected chi connectivity index (χ2v) is 6.11. The average molecular weight is 533 g/mol. The van der Waals surface area contributed by atoms with E-state index in [2.05, 4.69) is 39.9 Å². The predicted octanol–water partition coefficient (Wildman–Crippen LogP) is 0.971. The van der Waals surface area contributed by atoms with Crippen molar-refractivity contribution in [3.8, 4) is 0 Å². The molecule has 16 nitrogen and oxygen atoms in total. The molecular formula is C22H28N8O8. The maximum Gasteiger partial charge on any atom is 0.235 e. The molecule has 0 amide bonds. The summed E-state index contributed by atoms with van der Waals surface area (Å²) in [4.78, 5) is 102. The summed E-state index contributed by atoms with van der Waals surface area (Å²) in [5, 5.41) is 0. The smallest absolute Gasteiger partial charge is 0.211 e. The first kappa shape index (κ1) is 40.2. The minimum absolute atomic E-state index is 0.207. The number of unbranched alkanes of at least 4 members (excludes halogenated alkanes) is 3. The maximum absolute atomic E-state index is 9.63. The van der Waals surface area contributed by atoms with Crippen LogP contribution in [0.15, 0.2) is 39.9 Å². The third-order valence-corrected chi connectivity index (χ3v) is 3.23. The van der Waals surface area contributed by atoms with Crippen LogP contribution in [-0.4, -0.2) is 100 Å². The number of aliphatic imine (C=N–C) groups is 8. The highest BCUT2D eigenvalue weighted by atomic mass is 16.1. The van der Waals surface area contributed by atoms with Gasteiger partial charge in [0.25, 0.3) is 0 Å². The quantitative estimate of drug-likeness (QED) is 0.148. The molecule has 204 valence electrons. The molecule has 0 saturated carbocycles. The van der Waals surface area contributed by atoms with Crippen molar-refractivity contribution in [3.63, 3.8) is 0 Å². The van der Waals surface area contributed by atoms with Gasteiger partial charge >= 0.3 is 0 Å². The Bertz CT molecular complexity index is 911. The van der Waals surface area contributed by atoms with Gasteiger partial charge in [0.05, 0.1) is 51.9 Å². The first-order valence-electron chi connectivity index (χ1n) is 10.9. The van der Waals surface area contributed by atoms with Crippen LogP contribution >= 0.6 is 0 Å². The number of isocyanates is 8. The lowest BCUT2D eigenvalue weighted by Crippen LogP contribution is -2.00. The monoisotopic (exact) mass is 532 g/mol. The fourth-order valence-corrected chi connectivity index (χ4v) is 1.64. The Labute approximate surface area is 218 Å². The second kappa shape index (κ2) is 45.5. The van der Waals surface area contributed by atoms with E-state index < -0.39 is 0 Å². The highest BCUT2D eigenvalue weighted by molar-refractivity contribution is 5.35. The fourth-order valence-electron chi connectivity index (χ4n) is 1.64. The SMILES string of the molecule is CC(CN=C=O)N=C=O.O=C=NCCCCCCN=C=O.O=C=NCCCN=C=O.O=C=NCCN=C=O. The van der Waals surface area contributed by atoms with Crippen LogP contribution in [-0.2, 0) is 38.4 Å². The molecule has 0 N–H and O–H groups in total. The highest BCUT2D eigenvalue weighted by Gasteiger charge is 1.93. The van der Waals surface area contributed by atoms with Gasteiger partial charge in [0.2, 0.25) is 48.6 Å². The number of carbonyl (C=O) groups excluding carboxylic acids is 8. The van der Waals surface area contributed by atoms with Crippen molar-refractivity contribution >= 4 is 48.6 Å². The molecule has 1 unspecified atom stereocenters. The molecule has 0 rings (SSSR count). The van der Waals surface area contributed by atoms with Gasteiger partial charge in [-0.15, -0.1) is 0 Å². The predicted molar refractivity (Wildman–Crippen MR) is 132 cm³/mol. The number of hydrogen-bond donors (Lipinski definition) is 0. The minimum Gasteiger partial charge on any atom is -0.211 e. The third kappa shape index (κ3) is 57.7. The van der Waals surface area contributed by atoms with Gasteiger partial charge in [0, 0.05) is 0 Å². The van der Waals surface area contributed by atoms with Crippen molar-refractivity contribution in [2.45, 2.75) is 45.1 Å². The standard InChI is InChI=1S/C8H12N2O2.2C5H6N2O2.C4H4N2O2/c11-7-9-5-3-1-2-4-6-10-8-12;1-5(7-4-9)2-6-3-8;8-4-6-2-1-3-7-5-9;7-3-5-1-2-6-4-8/h1-6H2;5H,2H2,1H3;1-3H2;1-2H2. The van der Waals surface area contributed by atoms with Crippen LogP contribution < -0.4 is 0 Å². The van der Waals surface area contributed by atoms with Gasteiger partial charge in [-0.05, 0) is 26.2 Å². The van der Waals surface area contributed by atoms with Gasteiger partial charge in [-0.3, -0.25) is 0 Å². The van der Waals surface area contributed by atoms with Crippen LogP contribution in [0.3, 0.4) is 0 Å². The van der Waals surface area contributed by atoms with Crippen LogP contribution in [0.5, 0.6) is 0 Å². The van der Waals surface area contributed by atoms with Crippen molar-refractivity contribution in [1.82, 2.24) is 0 Å². The van der Waals surface area contributed by atoms with Crippen LogP contribution in [0.25, 0.3) is 0 Å². The summed E-state index contributed by atoms with van der Waals surface area (Å²) >= 11 is 0. The fraction of sp³-hybridized carbons (Fsp3) is 0.636. The molecule has 0 aliphatic heterocycles. The number of hydrogen-bond acceptors (Lipinski definition) is 16. The van der Waals surface area contributed by atoms with Gasteiger partial charge in [-0.2, -0.15) is 0 Å². The third-order valence-electron chi connectivity index (χ3n) is 3.23. The Hall–Kier alpha value is -4.96. The van der Waals surface area contributed by atoms with Gasteiger partial charge in [-0.25, -0.2) is 78.3 Å². The van der Waals surface area contributed by atoms with Gasteiger partial charge in [0.15, 0.2) is 0 Å². The summed E-state index contributed by atoms with van der Waals surface area (Å²) < 4.78 is 0. The molecule has 0 aliphatic carbocycles. The molecular weight excluding hydrogens is 504 g/mol. The zero-order valence-electron chi connectivity index (χ0n) is 20.9. The van der Waals surface area contributed by atoms with Gasteiger partial charge < -0.3 is 0 Å². The maximum atomic E-state index is 9.63. The Kier molecular flexibility index (Phi) is 48.2. The van der Waals surface area contributed by atoms with Crippen molar-refractivity contribution in [2.75, 3.05) is 45.8 Å². The van der Waals surface area contributed by atoms with E-state index in [0.717, 1.165) is 25.7 Å². The molecule has 0 aromatic carbocycles. The van der Waals surface area contributed by atoms with Crippen molar-refractivity contribution in [2.24, 2.45) is 39.9 Å². The first-order chi connectivity index (χ1) is 18.6. The summed E-state index contributed by atoms with van der Waals surface area (Å²) in [5.41, 5.74) is 0. The molecule has 16 heteroatoms. The largest absolute Gasteiger partial charge is 0.235 e. The molecule has 0 aromatic heterocycles. The highest BCUT2D eigenvalue weighted by Crippen LogP contribution is 1.99. The van der Waals surface area contributed by atoms with E-state index in [0.29, 0.717) is 32.6 Å². The van der Waals surface area contributed by atoms with E-state index >= 15 is 0 Å². The molecule has 38 heavy (non-hydrogen) atoms. The zero-order chi connectivity index (χ0) is 29.4. The average Bonchev–Trinajstić information content (AvgIpc) is 2.93. The summed E-state index contributed by atoms with van der Waals surface area (Å²) in [6, 6.07) is -0.260. The van der Waals surface area contributed by atoms with E-state index in [-0.39, 0.29) is 25.7 Å². The molecule has 0 aromatic rings. The topological polar surface area (TPSA) is 235 Å². The first-order valence-corrected chi connectivity index (χ1v) is 10.9. The zero-order valence-corrected chi connectivity index (χ0v) is 20.9. The molecule has 0 radical (unpaired) electrons. The Balaban J connectivity index is -0.000000205. The molecule has 0 heterocycles. The Morgan fingerprint density at radius 1 is 0.395 bits per heavy atom. The van der Waals surface area contributed by atoms with E-state index in [1.54, 1.807) is 6.92 Å². The van der Waals surface area contributed by atoms with Crippen molar-refractivity contribution < 1.29 is 38.4 Å². The van der Waals surface area contributed by atoms with E-state index in [9.17, 15) is 38.4 Å². The van der Waals surface area contributed by atoms with Crippen molar-refractivity contribution in [1.29, 1.82) is 0 Å². The molecule has 0 saturated heterocycles. The van der Waals surface area contributed by atoms with E-state index in [4.69, 9.17) is 0 Å². The number of rotatable bonds is 17. The minimum atomic E-state index is -0.260. The van der Waals surface area contributed by atoms with E-state index in [1.807, 2.05) is 0 Å².